The van der Waals surface area contributed by atoms with Crippen molar-refractivity contribution in [2.75, 3.05) is 74.7 Å². The number of anilines is 5. The zero-order chi connectivity index (χ0) is 28.7. The maximum atomic E-state index is 12.8. The number of ether oxygens (including phenoxy) is 1. The van der Waals surface area contributed by atoms with Crippen molar-refractivity contribution in [3.63, 3.8) is 0 Å². The van der Waals surface area contributed by atoms with Crippen molar-refractivity contribution in [1.82, 2.24) is 14.9 Å². The second-order valence-corrected chi connectivity index (χ2v) is 15.1. The third kappa shape index (κ3) is 8.06. The summed E-state index contributed by atoms with van der Waals surface area (Å²) in [6, 6.07) is 14.3. The van der Waals surface area contributed by atoms with Crippen molar-refractivity contribution >= 4 is 64.6 Å². The van der Waals surface area contributed by atoms with Crippen LogP contribution in [-0.2, 0) is 4.57 Å². The van der Waals surface area contributed by atoms with Crippen molar-refractivity contribution in [3.8, 4) is 5.75 Å². The van der Waals surface area contributed by atoms with Crippen LogP contribution in [0.15, 0.2) is 48.7 Å². The number of rotatable bonds is 12. The van der Waals surface area contributed by atoms with E-state index in [9.17, 15) is 4.57 Å². The molecule has 1 aromatic heterocycles. The molecule has 40 heavy (non-hydrogen) atoms. The van der Waals surface area contributed by atoms with Gasteiger partial charge >= 0.3 is 0 Å². The third-order valence-electron chi connectivity index (χ3n) is 6.98. The molecule has 1 saturated heterocycles. The number of hydrogen-bond donors (Lipinski definition) is 2. The molecular weight excluding hydrogens is 563 g/mol. The normalized spacial score (nSPS) is 14.4. The molecule has 1 aliphatic rings. The van der Waals surface area contributed by atoms with Crippen LogP contribution in [-0.4, -0.2) is 80.0 Å². The molecule has 0 aliphatic carbocycles. The minimum absolute atomic E-state index is 0.372. The summed E-state index contributed by atoms with van der Waals surface area (Å²) in [6.07, 6.45) is 6.91. The highest BCUT2D eigenvalue weighted by Crippen LogP contribution is 2.39. The number of para-hydroxylation sites is 1. The summed E-state index contributed by atoms with van der Waals surface area (Å²) in [7, 11) is 1.81. The van der Waals surface area contributed by atoms with Crippen molar-refractivity contribution in [3.05, 3.63) is 53.7 Å². The Bertz CT molecular complexity index is 1330. The lowest BCUT2D eigenvalue weighted by molar-refractivity contribution is 0.248. The molecule has 216 valence electrons. The lowest BCUT2D eigenvalue weighted by Crippen LogP contribution is -2.42. The summed E-state index contributed by atoms with van der Waals surface area (Å²) in [6.45, 7) is 6.15. The Balaban J connectivity index is 1.55. The SMILES string of the molecule is CSCCCOc1cc(Nc2ncc(Cl)c(Nc3ccccc3P(C)(C)=O)n2)ccc1N1CCC(N(C)C)CC1. The van der Waals surface area contributed by atoms with Crippen molar-refractivity contribution in [1.29, 1.82) is 0 Å². The minimum Gasteiger partial charge on any atom is -0.491 e. The van der Waals surface area contributed by atoms with E-state index in [0.717, 1.165) is 60.5 Å². The van der Waals surface area contributed by atoms with Crippen LogP contribution in [0.1, 0.15) is 19.3 Å². The first-order valence-electron chi connectivity index (χ1n) is 13.5. The predicted octanol–water partition coefficient (Wildman–Crippen LogP) is 6.53. The molecule has 0 atom stereocenters. The zero-order valence-corrected chi connectivity index (χ0v) is 26.5. The van der Waals surface area contributed by atoms with Gasteiger partial charge in [-0.3, -0.25) is 0 Å². The van der Waals surface area contributed by atoms with Gasteiger partial charge in [-0.15, -0.1) is 0 Å². The van der Waals surface area contributed by atoms with Crippen LogP contribution in [0.5, 0.6) is 5.75 Å². The van der Waals surface area contributed by atoms with Crippen molar-refractivity contribution in [2.45, 2.75) is 25.3 Å². The number of benzene rings is 2. The third-order valence-corrected chi connectivity index (χ3v) is 9.51. The van der Waals surface area contributed by atoms with Crippen LogP contribution in [0.4, 0.5) is 28.8 Å². The molecule has 0 amide bonds. The first kappa shape index (κ1) is 30.5. The van der Waals surface area contributed by atoms with Gasteiger partial charge in [-0.25, -0.2) is 4.98 Å². The molecule has 4 rings (SSSR count). The highest BCUT2D eigenvalue weighted by molar-refractivity contribution is 7.98. The van der Waals surface area contributed by atoms with E-state index in [1.54, 1.807) is 19.5 Å². The van der Waals surface area contributed by atoms with E-state index in [0.29, 0.717) is 35.1 Å². The zero-order valence-electron chi connectivity index (χ0n) is 24.0. The van der Waals surface area contributed by atoms with Crippen LogP contribution >= 0.6 is 30.5 Å². The molecule has 3 aromatic rings. The average Bonchev–Trinajstić information content (AvgIpc) is 2.93. The van der Waals surface area contributed by atoms with E-state index < -0.39 is 7.14 Å². The molecule has 0 radical (unpaired) electrons. The van der Waals surface area contributed by atoms with Gasteiger partial charge in [0.25, 0.3) is 0 Å². The lowest BCUT2D eigenvalue weighted by Gasteiger charge is -2.37. The molecule has 0 spiro atoms. The highest BCUT2D eigenvalue weighted by Gasteiger charge is 2.23. The lowest BCUT2D eigenvalue weighted by atomic mass is 10.0. The Morgan fingerprint density at radius 1 is 1.15 bits per heavy atom. The van der Waals surface area contributed by atoms with Gasteiger partial charge in [0.2, 0.25) is 5.95 Å². The number of nitrogens with one attached hydrogen (secondary N) is 2. The second-order valence-electron chi connectivity index (χ2n) is 10.6. The molecule has 0 unspecified atom stereocenters. The smallest absolute Gasteiger partial charge is 0.229 e. The van der Waals surface area contributed by atoms with Gasteiger partial charge in [-0.05, 0) is 83.0 Å². The van der Waals surface area contributed by atoms with Crippen LogP contribution < -0.4 is 25.6 Å². The maximum Gasteiger partial charge on any atom is 0.229 e. The molecule has 1 aliphatic heterocycles. The molecule has 2 N–H and O–H groups in total. The molecule has 2 aromatic carbocycles. The van der Waals surface area contributed by atoms with Gasteiger partial charge in [0.1, 0.15) is 17.9 Å². The topological polar surface area (TPSA) is 82.6 Å². The van der Waals surface area contributed by atoms with E-state index >= 15 is 0 Å². The van der Waals surface area contributed by atoms with Gasteiger partial charge < -0.3 is 29.7 Å². The Morgan fingerprint density at radius 3 is 2.60 bits per heavy atom. The van der Waals surface area contributed by atoms with E-state index in [2.05, 4.69) is 56.8 Å². The number of nitrogens with zero attached hydrogens (tertiary/aromatic N) is 4. The molecule has 0 saturated carbocycles. The monoisotopic (exact) mass is 602 g/mol. The second kappa shape index (κ2) is 13.9. The molecule has 0 bridgehead atoms. The summed E-state index contributed by atoms with van der Waals surface area (Å²) >= 11 is 8.27. The van der Waals surface area contributed by atoms with Gasteiger partial charge in [-0.2, -0.15) is 16.7 Å². The molecule has 1 fully saturated rings. The quantitative estimate of drug-likeness (QED) is 0.178. The number of halogens is 1. The summed E-state index contributed by atoms with van der Waals surface area (Å²) < 4.78 is 19.1. The molecule has 8 nitrogen and oxygen atoms in total. The number of aromatic nitrogens is 2. The van der Waals surface area contributed by atoms with E-state index in [1.807, 2.05) is 48.2 Å². The maximum absolute atomic E-state index is 12.8. The predicted molar refractivity (Wildman–Crippen MR) is 173 cm³/mol. The highest BCUT2D eigenvalue weighted by atomic mass is 35.5. The number of thioether (sulfide) groups is 1. The Hall–Kier alpha value is -2.45. The van der Waals surface area contributed by atoms with Crippen LogP contribution in [0.2, 0.25) is 5.02 Å². The van der Waals surface area contributed by atoms with Crippen LogP contribution in [0.3, 0.4) is 0 Å². The fourth-order valence-electron chi connectivity index (χ4n) is 4.80. The molecular formula is C29H40ClN6O2PS. The van der Waals surface area contributed by atoms with Crippen molar-refractivity contribution < 1.29 is 9.30 Å². The fourth-order valence-corrected chi connectivity index (χ4v) is 6.50. The van der Waals surface area contributed by atoms with Crippen LogP contribution in [0, 0.1) is 0 Å². The first-order valence-corrected chi connectivity index (χ1v) is 17.9. The number of piperidine rings is 1. The summed E-state index contributed by atoms with van der Waals surface area (Å²) in [5.41, 5.74) is 2.66. The summed E-state index contributed by atoms with van der Waals surface area (Å²) in [5, 5.41) is 7.68. The minimum atomic E-state index is -2.51. The van der Waals surface area contributed by atoms with Gasteiger partial charge in [0, 0.05) is 36.2 Å². The van der Waals surface area contributed by atoms with E-state index in [-0.39, 0.29) is 0 Å². The van der Waals surface area contributed by atoms with Crippen LogP contribution in [0.25, 0.3) is 0 Å². The van der Waals surface area contributed by atoms with Gasteiger partial charge in [0.05, 0.1) is 24.2 Å². The average molecular weight is 603 g/mol. The standard InChI is InChI=1S/C29H40ClN6O2PS/c1-35(2)22-13-15-36(16-14-22)25-12-11-21(19-26(25)38-17-8-18-40-5)32-29-31-20-23(30)28(34-29)33-24-9-6-7-10-27(24)39(3,4)37/h6-7,9-12,19-20,22H,8,13-18H2,1-5H3,(H2,31,32,33,34). The Kier molecular flexibility index (Phi) is 10.6. The number of hydrogen-bond acceptors (Lipinski definition) is 9. The van der Waals surface area contributed by atoms with E-state index in [4.69, 9.17) is 16.3 Å². The molecule has 11 heteroatoms. The van der Waals surface area contributed by atoms with Gasteiger partial charge in [-0.1, -0.05) is 23.7 Å². The fraction of sp³-hybridized carbons (Fsp3) is 0.448. The largest absolute Gasteiger partial charge is 0.491 e. The molecule has 2 heterocycles. The first-order chi connectivity index (χ1) is 19.2. The summed E-state index contributed by atoms with van der Waals surface area (Å²) in [5.74, 6) is 2.75. The van der Waals surface area contributed by atoms with Crippen molar-refractivity contribution in [2.24, 2.45) is 0 Å². The Morgan fingerprint density at radius 2 is 1.90 bits per heavy atom. The summed E-state index contributed by atoms with van der Waals surface area (Å²) in [4.78, 5) is 13.8. The van der Waals surface area contributed by atoms with E-state index in [1.165, 1.54) is 0 Å². The Labute approximate surface area is 247 Å². The van der Waals surface area contributed by atoms with Gasteiger partial charge in [0.15, 0.2) is 5.82 Å².